The zero-order valence-electron chi connectivity index (χ0n) is 12.6. The van der Waals surface area contributed by atoms with Gasteiger partial charge >= 0.3 is 0 Å². The van der Waals surface area contributed by atoms with Crippen LogP contribution in [0.5, 0.6) is 0 Å². The fraction of sp³-hybridized carbons (Fsp3) is 0.133. The van der Waals surface area contributed by atoms with Gasteiger partial charge in [0.05, 0.1) is 26.9 Å². The third-order valence-electron chi connectivity index (χ3n) is 3.44. The van der Waals surface area contributed by atoms with Crippen molar-refractivity contribution in [1.29, 1.82) is 0 Å². The van der Waals surface area contributed by atoms with Gasteiger partial charge in [0.1, 0.15) is 10.7 Å². The molecule has 9 heteroatoms. The molecule has 0 spiro atoms. The van der Waals surface area contributed by atoms with Crippen LogP contribution in [0.1, 0.15) is 12.7 Å². The van der Waals surface area contributed by atoms with Crippen LogP contribution in [0.2, 0.25) is 0 Å². The summed E-state index contributed by atoms with van der Waals surface area (Å²) in [6, 6.07) is 11.1. The second-order valence-electron chi connectivity index (χ2n) is 4.92. The van der Waals surface area contributed by atoms with Crippen molar-refractivity contribution in [2.24, 2.45) is 0 Å². The van der Waals surface area contributed by atoms with E-state index < -0.39 is 9.85 Å². The first-order valence-corrected chi connectivity index (χ1v) is 7.86. The number of hydrogen-bond donors (Lipinski definition) is 0. The van der Waals surface area contributed by atoms with Gasteiger partial charge in [-0.2, -0.15) is 0 Å². The zero-order chi connectivity index (χ0) is 17.3. The topological polar surface area (TPSA) is 104 Å². The van der Waals surface area contributed by atoms with Crippen LogP contribution in [0, 0.1) is 20.2 Å². The Bertz CT molecular complexity index is 954. The van der Waals surface area contributed by atoms with Gasteiger partial charge in [-0.05, 0) is 18.2 Å². The van der Waals surface area contributed by atoms with E-state index >= 15 is 0 Å². The zero-order valence-corrected chi connectivity index (χ0v) is 13.4. The monoisotopic (exact) mass is 344 g/mol. The van der Waals surface area contributed by atoms with E-state index in [0.29, 0.717) is 11.3 Å². The minimum Gasteiger partial charge on any atom is -0.265 e. The third kappa shape index (κ3) is 2.81. The molecule has 122 valence electrons. The number of nitro groups is 2. The van der Waals surface area contributed by atoms with Crippen molar-refractivity contribution in [2.45, 2.75) is 18.2 Å². The number of non-ortho nitro benzene ring substituents is 1. The predicted octanol–water partition coefficient (Wildman–Crippen LogP) is 3.97. The molecule has 0 saturated carbocycles. The molecule has 0 bridgehead atoms. The van der Waals surface area contributed by atoms with Crippen LogP contribution in [-0.4, -0.2) is 18.8 Å². The highest BCUT2D eigenvalue weighted by Crippen LogP contribution is 2.36. The molecule has 24 heavy (non-hydrogen) atoms. The lowest BCUT2D eigenvalue weighted by Gasteiger charge is -2.07. The molecule has 0 amide bonds. The third-order valence-corrected chi connectivity index (χ3v) is 4.57. The molecule has 1 heterocycles. The van der Waals surface area contributed by atoms with Gasteiger partial charge in [-0.1, -0.05) is 19.1 Å². The molecule has 0 aliphatic carbocycles. The molecule has 3 aromatic rings. The Balaban J connectivity index is 2.12. The Kier molecular flexibility index (Phi) is 4.17. The molecule has 0 fully saturated rings. The number of nitrogens with zero attached hydrogens (tertiary/aromatic N) is 4. The lowest BCUT2D eigenvalue weighted by molar-refractivity contribution is -0.396. The number of rotatable bonds is 5. The molecule has 0 atom stereocenters. The molecule has 1 aromatic heterocycles. The van der Waals surface area contributed by atoms with E-state index in [-0.39, 0.29) is 11.4 Å². The number of aryl methyl sites for hydroxylation is 1. The Morgan fingerprint density at radius 2 is 1.88 bits per heavy atom. The maximum atomic E-state index is 11.3. The van der Waals surface area contributed by atoms with Gasteiger partial charge in [-0.25, -0.2) is 4.98 Å². The standard InChI is InChI=1S/C15H12N4O4S/c1-2-15-16-11-5-3-4-6-12(11)17(15)24-14-8-7-10(18(20)21)9-13(14)19(22)23/h3-9H,2H2,1H3. The van der Waals surface area contributed by atoms with Crippen molar-refractivity contribution >= 4 is 34.4 Å². The summed E-state index contributed by atoms with van der Waals surface area (Å²) in [4.78, 5) is 25.7. The Labute approximate surface area is 140 Å². The van der Waals surface area contributed by atoms with Crippen LogP contribution >= 0.6 is 11.9 Å². The molecular weight excluding hydrogens is 332 g/mol. The number of para-hydroxylation sites is 2. The van der Waals surface area contributed by atoms with Gasteiger partial charge in [-0.15, -0.1) is 0 Å². The van der Waals surface area contributed by atoms with Gasteiger partial charge in [0, 0.05) is 24.4 Å². The van der Waals surface area contributed by atoms with E-state index in [9.17, 15) is 20.2 Å². The Morgan fingerprint density at radius 1 is 1.12 bits per heavy atom. The van der Waals surface area contributed by atoms with Crippen LogP contribution in [0.15, 0.2) is 47.4 Å². The van der Waals surface area contributed by atoms with Crippen molar-refractivity contribution in [3.8, 4) is 0 Å². The van der Waals surface area contributed by atoms with Crippen molar-refractivity contribution in [3.05, 3.63) is 68.5 Å². The van der Waals surface area contributed by atoms with Crippen molar-refractivity contribution in [3.63, 3.8) is 0 Å². The Hall–Kier alpha value is -2.94. The lowest BCUT2D eigenvalue weighted by Crippen LogP contribution is -1.98. The molecule has 0 aliphatic rings. The first-order chi connectivity index (χ1) is 11.5. The van der Waals surface area contributed by atoms with E-state index in [2.05, 4.69) is 4.98 Å². The summed E-state index contributed by atoms with van der Waals surface area (Å²) in [6.45, 7) is 1.95. The highest BCUT2D eigenvalue weighted by atomic mass is 32.2. The number of fused-ring (bicyclic) bond motifs is 1. The number of nitro benzene ring substituents is 2. The van der Waals surface area contributed by atoms with E-state index in [0.717, 1.165) is 34.9 Å². The number of imidazole rings is 1. The van der Waals surface area contributed by atoms with Gasteiger partial charge < -0.3 is 0 Å². The van der Waals surface area contributed by atoms with E-state index in [1.165, 1.54) is 12.1 Å². The normalized spacial score (nSPS) is 10.9. The summed E-state index contributed by atoms with van der Waals surface area (Å²) in [5.74, 6) is 0.772. The molecule has 0 radical (unpaired) electrons. The van der Waals surface area contributed by atoms with Crippen molar-refractivity contribution in [1.82, 2.24) is 8.96 Å². The van der Waals surface area contributed by atoms with Gasteiger partial charge in [0.15, 0.2) is 0 Å². The summed E-state index contributed by atoms with van der Waals surface area (Å²) >= 11 is 1.14. The summed E-state index contributed by atoms with van der Waals surface area (Å²) in [7, 11) is 0. The molecule has 0 saturated heterocycles. The maximum absolute atomic E-state index is 11.3. The molecule has 8 nitrogen and oxygen atoms in total. The number of aromatic nitrogens is 2. The predicted molar refractivity (Wildman–Crippen MR) is 90.1 cm³/mol. The number of hydrogen-bond acceptors (Lipinski definition) is 6. The van der Waals surface area contributed by atoms with Gasteiger partial charge in [0.2, 0.25) is 0 Å². The van der Waals surface area contributed by atoms with E-state index in [1.54, 1.807) is 0 Å². The SMILES string of the molecule is CCc1nc2ccccc2n1Sc1ccc([N+](=O)[O-])cc1[N+](=O)[O-]. The first-order valence-electron chi connectivity index (χ1n) is 7.08. The van der Waals surface area contributed by atoms with Gasteiger partial charge in [-0.3, -0.25) is 24.2 Å². The molecule has 0 unspecified atom stereocenters. The second-order valence-corrected chi connectivity index (χ2v) is 5.91. The smallest absolute Gasteiger partial charge is 0.265 e. The quantitative estimate of drug-likeness (QED) is 0.512. The van der Waals surface area contributed by atoms with Crippen LogP contribution in [0.25, 0.3) is 11.0 Å². The summed E-state index contributed by atoms with van der Waals surface area (Å²) in [5.41, 5.74) is 1.03. The van der Waals surface area contributed by atoms with Crippen LogP contribution < -0.4 is 0 Å². The molecule has 0 aliphatic heterocycles. The highest BCUT2D eigenvalue weighted by molar-refractivity contribution is 7.98. The molecule has 3 rings (SSSR count). The van der Waals surface area contributed by atoms with Crippen LogP contribution in [0.4, 0.5) is 11.4 Å². The van der Waals surface area contributed by atoms with Crippen LogP contribution in [0.3, 0.4) is 0 Å². The highest BCUT2D eigenvalue weighted by Gasteiger charge is 2.22. The van der Waals surface area contributed by atoms with Crippen molar-refractivity contribution < 1.29 is 9.85 Å². The minimum atomic E-state index is -0.647. The summed E-state index contributed by atoms with van der Waals surface area (Å²) in [5, 5.41) is 22.1. The molecule has 2 aromatic carbocycles. The average Bonchev–Trinajstić information content (AvgIpc) is 2.92. The lowest BCUT2D eigenvalue weighted by atomic mass is 10.3. The largest absolute Gasteiger partial charge is 0.291 e. The molecular formula is C15H12N4O4S. The Morgan fingerprint density at radius 3 is 2.54 bits per heavy atom. The fourth-order valence-electron chi connectivity index (χ4n) is 2.32. The summed E-state index contributed by atoms with van der Waals surface area (Å²) in [6.07, 6.45) is 0.655. The second kappa shape index (κ2) is 6.28. The van der Waals surface area contributed by atoms with Gasteiger partial charge in [0.25, 0.3) is 11.4 Å². The fourth-order valence-corrected chi connectivity index (χ4v) is 3.40. The number of benzene rings is 2. The van der Waals surface area contributed by atoms with E-state index in [1.807, 2.05) is 35.2 Å². The van der Waals surface area contributed by atoms with E-state index in [4.69, 9.17) is 0 Å². The van der Waals surface area contributed by atoms with Crippen molar-refractivity contribution in [2.75, 3.05) is 0 Å². The maximum Gasteiger partial charge on any atom is 0.291 e. The van der Waals surface area contributed by atoms with Crippen LogP contribution in [-0.2, 0) is 6.42 Å². The first kappa shape index (κ1) is 15.9. The molecule has 0 N–H and O–H groups in total. The average molecular weight is 344 g/mol. The summed E-state index contributed by atoms with van der Waals surface area (Å²) < 4.78 is 1.82. The minimum absolute atomic E-state index is 0.297.